The second-order valence-electron chi connectivity index (χ2n) is 15.9. The Bertz CT molecular complexity index is 3290. The molecule has 0 saturated carbocycles. The van der Waals surface area contributed by atoms with Gasteiger partial charge >= 0.3 is 0 Å². The van der Waals surface area contributed by atoms with Crippen molar-refractivity contribution in [2.45, 2.75) is 27.7 Å². The topological polar surface area (TPSA) is 56.6 Å². The third-order valence-corrected chi connectivity index (χ3v) is 12.1. The van der Waals surface area contributed by atoms with Crippen LogP contribution in [0, 0.1) is 39.0 Å². The zero-order valence-electron chi connectivity index (χ0n) is 33.7. The molecule has 0 saturated heterocycles. The highest BCUT2D eigenvalue weighted by atomic mass is 16.3. The lowest BCUT2D eigenvalue weighted by molar-refractivity contribution is 0.654. The van der Waals surface area contributed by atoms with Gasteiger partial charge < -0.3 is 18.6 Å². The van der Waals surface area contributed by atoms with Crippen LogP contribution in [-0.2, 0) is 0 Å². The van der Waals surface area contributed by atoms with Crippen LogP contribution in [0.4, 0.5) is 34.1 Å². The molecule has 11 rings (SSSR count). The molecule has 0 amide bonds. The van der Waals surface area contributed by atoms with E-state index in [2.05, 4.69) is 195 Å². The second-order valence-corrected chi connectivity index (χ2v) is 15.9. The Labute approximate surface area is 347 Å². The number of para-hydroxylation sites is 4. The summed E-state index contributed by atoms with van der Waals surface area (Å²) in [5, 5.41) is 18.7. The highest BCUT2D eigenvalue weighted by molar-refractivity contribution is 6.20. The van der Waals surface area contributed by atoms with Crippen molar-refractivity contribution in [1.29, 1.82) is 5.26 Å². The maximum atomic E-state index is 10.7. The van der Waals surface area contributed by atoms with Gasteiger partial charge in [0, 0.05) is 44.3 Å². The van der Waals surface area contributed by atoms with E-state index in [1.54, 1.807) is 0 Å². The average molecular weight is 774 g/mol. The second kappa shape index (κ2) is 13.7. The first-order chi connectivity index (χ1) is 29.3. The van der Waals surface area contributed by atoms with Crippen LogP contribution in [0.5, 0.6) is 0 Å². The molecule has 9 aromatic carbocycles. The predicted octanol–water partition coefficient (Wildman–Crippen LogP) is 15.8. The molecular formula is C55H39N3O2. The van der Waals surface area contributed by atoms with Crippen LogP contribution in [0.25, 0.3) is 65.4 Å². The summed E-state index contributed by atoms with van der Waals surface area (Å²) >= 11 is 0. The van der Waals surface area contributed by atoms with Crippen LogP contribution < -0.4 is 9.80 Å². The monoisotopic (exact) mass is 773 g/mol. The van der Waals surface area contributed by atoms with E-state index in [0.29, 0.717) is 16.7 Å². The molecule has 0 radical (unpaired) electrons. The fourth-order valence-corrected chi connectivity index (χ4v) is 9.26. The third-order valence-electron chi connectivity index (χ3n) is 12.1. The normalized spacial score (nSPS) is 11.7. The van der Waals surface area contributed by atoms with Gasteiger partial charge in [0.25, 0.3) is 0 Å². The summed E-state index contributed by atoms with van der Waals surface area (Å²) in [6.45, 7) is 8.65. The van der Waals surface area contributed by atoms with Crippen LogP contribution in [0.3, 0.4) is 0 Å². The van der Waals surface area contributed by atoms with Crippen molar-refractivity contribution in [3.63, 3.8) is 0 Å². The van der Waals surface area contributed by atoms with Gasteiger partial charge in [0.15, 0.2) is 11.2 Å². The molecule has 2 heterocycles. The molecule has 0 bridgehead atoms. The van der Waals surface area contributed by atoms with Gasteiger partial charge in [0.2, 0.25) is 0 Å². The van der Waals surface area contributed by atoms with Crippen molar-refractivity contribution in [3.8, 4) is 6.07 Å². The number of aryl methyl sites for hydroxylation is 4. The standard InChI is InChI=1S/C55H39N3O2/c1-33-13-11-14-34(2)52(33)57(41-17-7-5-8-18-41)43-23-21-37-27-45-47-31-48-46-28-38-22-24-44(58(42-19-9-6-10-20-42)53-35(3)15-12-16-36(53)4)26-40(38)30-51(46)60-55(48)49(32-56)54(47)59-50(45)29-39(37)25-43/h5-31H,1-4H3. The number of anilines is 6. The number of hydrogen-bond acceptors (Lipinski definition) is 5. The number of hydrogen-bond donors (Lipinski definition) is 0. The fraction of sp³-hybridized carbons (Fsp3) is 0.0727. The van der Waals surface area contributed by atoms with Crippen LogP contribution in [0.15, 0.2) is 173 Å². The highest BCUT2D eigenvalue weighted by Crippen LogP contribution is 2.45. The number of fused-ring (bicyclic) bond motifs is 8. The fourth-order valence-electron chi connectivity index (χ4n) is 9.26. The quantitative estimate of drug-likeness (QED) is 0.168. The number of furan rings is 2. The molecule has 0 aliphatic carbocycles. The van der Waals surface area contributed by atoms with Gasteiger partial charge in [-0.2, -0.15) is 5.26 Å². The number of nitrogens with zero attached hydrogens (tertiary/aromatic N) is 3. The zero-order valence-corrected chi connectivity index (χ0v) is 33.7. The van der Waals surface area contributed by atoms with Gasteiger partial charge in [-0.25, -0.2) is 0 Å². The van der Waals surface area contributed by atoms with Crippen molar-refractivity contribution in [1.82, 2.24) is 0 Å². The Morgan fingerprint density at radius 3 is 1.20 bits per heavy atom. The highest BCUT2D eigenvalue weighted by Gasteiger charge is 2.23. The molecule has 60 heavy (non-hydrogen) atoms. The molecule has 286 valence electrons. The van der Waals surface area contributed by atoms with Crippen molar-refractivity contribution in [2.75, 3.05) is 9.80 Å². The van der Waals surface area contributed by atoms with E-state index in [1.807, 2.05) is 12.1 Å². The van der Waals surface area contributed by atoms with E-state index in [9.17, 15) is 5.26 Å². The summed E-state index contributed by atoms with van der Waals surface area (Å²) in [5.74, 6) is 0. The Morgan fingerprint density at radius 2 is 0.800 bits per heavy atom. The van der Waals surface area contributed by atoms with E-state index in [1.165, 1.54) is 33.6 Å². The lowest BCUT2D eigenvalue weighted by atomic mass is 10.00. The van der Waals surface area contributed by atoms with Crippen molar-refractivity contribution in [3.05, 3.63) is 192 Å². The summed E-state index contributed by atoms with van der Waals surface area (Å²) in [6.07, 6.45) is 0. The summed E-state index contributed by atoms with van der Waals surface area (Å²) in [7, 11) is 0. The zero-order chi connectivity index (χ0) is 40.6. The molecule has 0 spiro atoms. The molecule has 0 aliphatic rings. The van der Waals surface area contributed by atoms with E-state index < -0.39 is 0 Å². The number of nitriles is 1. The molecule has 2 aromatic heterocycles. The van der Waals surface area contributed by atoms with Crippen LogP contribution in [0.2, 0.25) is 0 Å². The van der Waals surface area contributed by atoms with Gasteiger partial charge in [-0.15, -0.1) is 0 Å². The van der Waals surface area contributed by atoms with Crippen molar-refractivity contribution in [2.24, 2.45) is 0 Å². The first-order valence-corrected chi connectivity index (χ1v) is 20.3. The van der Waals surface area contributed by atoms with Crippen molar-refractivity contribution >= 4 is 99.5 Å². The molecule has 0 atom stereocenters. The van der Waals surface area contributed by atoms with Gasteiger partial charge in [-0.3, -0.25) is 0 Å². The lowest BCUT2D eigenvalue weighted by Gasteiger charge is -2.29. The SMILES string of the molecule is Cc1cccc(C)c1N(c1ccccc1)c1ccc2cc3c(cc2c1)oc1c(C#N)c2oc4cc5cc(N(c6ccccc6)c6c(C)cccc6C)ccc5cc4c2cc13. The summed E-state index contributed by atoms with van der Waals surface area (Å²) in [5.41, 5.74) is 14.4. The van der Waals surface area contributed by atoms with Crippen LogP contribution >= 0.6 is 0 Å². The smallest absolute Gasteiger partial charge is 0.157 e. The summed E-state index contributed by atoms with van der Waals surface area (Å²) < 4.78 is 13.2. The van der Waals surface area contributed by atoms with E-state index in [-0.39, 0.29) is 0 Å². The minimum absolute atomic E-state index is 0.403. The Hall–Kier alpha value is -7.81. The third kappa shape index (κ3) is 5.53. The Kier molecular flexibility index (Phi) is 8.05. The maximum Gasteiger partial charge on any atom is 0.157 e. The average Bonchev–Trinajstić information content (AvgIpc) is 3.80. The van der Waals surface area contributed by atoms with E-state index in [4.69, 9.17) is 8.83 Å². The first-order valence-electron chi connectivity index (χ1n) is 20.3. The van der Waals surface area contributed by atoms with E-state index in [0.717, 1.165) is 77.0 Å². The van der Waals surface area contributed by atoms with Gasteiger partial charge in [-0.05, 0) is 150 Å². The molecule has 5 heteroatoms. The molecular weight excluding hydrogens is 735 g/mol. The largest absolute Gasteiger partial charge is 0.454 e. The molecule has 5 nitrogen and oxygen atoms in total. The molecule has 0 fully saturated rings. The van der Waals surface area contributed by atoms with Gasteiger partial charge in [0.05, 0.1) is 11.4 Å². The predicted molar refractivity (Wildman–Crippen MR) is 249 cm³/mol. The minimum atomic E-state index is 0.403. The van der Waals surface area contributed by atoms with Crippen molar-refractivity contribution < 1.29 is 8.83 Å². The molecule has 11 aromatic rings. The molecule has 0 aliphatic heterocycles. The van der Waals surface area contributed by atoms with Gasteiger partial charge in [-0.1, -0.05) is 84.9 Å². The number of rotatable bonds is 6. The Morgan fingerprint density at radius 1 is 0.383 bits per heavy atom. The molecule has 0 N–H and O–H groups in total. The van der Waals surface area contributed by atoms with E-state index >= 15 is 0 Å². The summed E-state index contributed by atoms with van der Waals surface area (Å²) in [6, 6.07) is 60.2. The minimum Gasteiger partial charge on any atom is -0.454 e. The summed E-state index contributed by atoms with van der Waals surface area (Å²) in [4.78, 5) is 4.66. The maximum absolute atomic E-state index is 10.7. The van der Waals surface area contributed by atoms with Crippen LogP contribution in [0.1, 0.15) is 27.8 Å². The first kappa shape index (κ1) is 35.4. The van der Waals surface area contributed by atoms with Crippen LogP contribution in [-0.4, -0.2) is 0 Å². The molecule has 0 unspecified atom stereocenters. The van der Waals surface area contributed by atoms with Gasteiger partial charge in [0.1, 0.15) is 22.8 Å². The Balaban J connectivity index is 1.05. The number of benzene rings is 9. The lowest BCUT2D eigenvalue weighted by Crippen LogP contribution is -2.12.